The molecule has 0 bridgehead atoms. The predicted molar refractivity (Wildman–Crippen MR) is 83.5 cm³/mol. The van der Waals surface area contributed by atoms with Crippen LogP contribution < -0.4 is 5.32 Å². The molecule has 0 aromatic rings. The van der Waals surface area contributed by atoms with Crippen molar-refractivity contribution in [2.75, 3.05) is 13.2 Å². The molecule has 7 nitrogen and oxygen atoms in total. The number of nitrogens with zero attached hydrogens (tertiary/aromatic N) is 1. The van der Waals surface area contributed by atoms with Crippen molar-refractivity contribution in [1.82, 2.24) is 10.2 Å². The zero-order valence-electron chi connectivity index (χ0n) is 13.8. The number of likely N-dealkylation sites (tertiary alicyclic amines) is 1. The lowest BCUT2D eigenvalue weighted by atomic mass is 9.81. The summed E-state index contributed by atoms with van der Waals surface area (Å²) in [4.78, 5) is 49.2. The molecule has 3 amide bonds. The lowest BCUT2D eigenvalue weighted by Gasteiger charge is -2.19. The number of amides is 3. The van der Waals surface area contributed by atoms with Crippen LogP contribution in [-0.4, -0.2) is 47.8 Å². The van der Waals surface area contributed by atoms with Gasteiger partial charge in [-0.3, -0.25) is 24.1 Å². The van der Waals surface area contributed by atoms with E-state index in [0.717, 1.165) is 43.4 Å². The van der Waals surface area contributed by atoms with Crippen LogP contribution in [0.3, 0.4) is 0 Å². The Morgan fingerprint density at radius 2 is 1.50 bits per heavy atom. The van der Waals surface area contributed by atoms with Crippen LogP contribution in [-0.2, 0) is 23.9 Å². The lowest BCUT2D eigenvalue weighted by Crippen LogP contribution is -2.39. The molecule has 2 aliphatic carbocycles. The van der Waals surface area contributed by atoms with Crippen molar-refractivity contribution < 1.29 is 23.9 Å². The molecule has 0 unspecified atom stereocenters. The van der Waals surface area contributed by atoms with Crippen LogP contribution in [0, 0.1) is 11.8 Å². The summed E-state index contributed by atoms with van der Waals surface area (Å²) in [5.74, 6) is -2.12. The maximum atomic E-state index is 12.3. The molecule has 1 saturated heterocycles. The second-order valence-electron chi connectivity index (χ2n) is 6.97. The zero-order valence-corrected chi connectivity index (χ0v) is 13.8. The van der Waals surface area contributed by atoms with Gasteiger partial charge in [0, 0.05) is 6.04 Å². The predicted octanol–water partition coefficient (Wildman–Crippen LogP) is 0.764. The van der Waals surface area contributed by atoms with Gasteiger partial charge in [0.2, 0.25) is 11.8 Å². The minimum atomic E-state index is -0.711. The largest absolute Gasteiger partial charge is 0.454 e. The summed E-state index contributed by atoms with van der Waals surface area (Å²) in [5, 5.41) is 2.82. The van der Waals surface area contributed by atoms with E-state index < -0.39 is 5.97 Å². The fourth-order valence-corrected chi connectivity index (χ4v) is 4.05. The lowest BCUT2D eigenvalue weighted by molar-refractivity contribution is -0.155. The summed E-state index contributed by atoms with van der Waals surface area (Å²) in [6.45, 7) is -0.750. The van der Waals surface area contributed by atoms with Crippen LogP contribution in [0.15, 0.2) is 0 Å². The Hall–Kier alpha value is -1.92. The maximum Gasteiger partial charge on any atom is 0.326 e. The SMILES string of the molecule is O=C(COC(=O)CN1C(=O)[C@@H]2CCCC[C@H]2C1=O)NC1CCCC1. The van der Waals surface area contributed by atoms with Crippen molar-refractivity contribution in [2.45, 2.75) is 57.4 Å². The summed E-state index contributed by atoms with van der Waals surface area (Å²) < 4.78 is 4.93. The van der Waals surface area contributed by atoms with E-state index in [1.165, 1.54) is 0 Å². The number of hydrogen-bond acceptors (Lipinski definition) is 5. The Labute approximate surface area is 141 Å². The second-order valence-corrected chi connectivity index (χ2v) is 6.97. The molecule has 0 aromatic heterocycles. The summed E-state index contributed by atoms with van der Waals surface area (Å²) in [7, 11) is 0. The van der Waals surface area contributed by atoms with Crippen molar-refractivity contribution in [2.24, 2.45) is 11.8 Å². The quantitative estimate of drug-likeness (QED) is 0.591. The summed E-state index contributed by atoms with van der Waals surface area (Å²) in [6.07, 6.45) is 7.44. The van der Waals surface area contributed by atoms with E-state index in [1.807, 2.05) is 0 Å². The van der Waals surface area contributed by atoms with E-state index >= 15 is 0 Å². The van der Waals surface area contributed by atoms with Crippen LogP contribution in [0.5, 0.6) is 0 Å². The maximum absolute atomic E-state index is 12.3. The van der Waals surface area contributed by atoms with Gasteiger partial charge in [-0.15, -0.1) is 0 Å². The molecule has 1 N–H and O–H groups in total. The van der Waals surface area contributed by atoms with E-state index in [-0.39, 0.29) is 48.8 Å². The number of esters is 1. The molecule has 132 valence electrons. The van der Waals surface area contributed by atoms with Crippen molar-refractivity contribution >= 4 is 23.7 Å². The van der Waals surface area contributed by atoms with Crippen molar-refractivity contribution in [3.8, 4) is 0 Å². The van der Waals surface area contributed by atoms with Gasteiger partial charge in [-0.1, -0.05) is 25.7 Å². The number of fused-ring (bicyclic) bond motifs is 1. The van der Waals surface area contributed by atoms with Gasteiger partial charge in [-0.25, -0.2) is 0 Å². The van der Waals surface area contributed by atoms with E-state index in [1.54, 1.807) is 0 Å². The summed E-state index contributed by atoms with van der Waals surface area (Å²) in [5.41, 5.74) is 0. The highest BCUT2D eigenvalue weighted by atomic mass is 16.5. The van der Waals surface area contributed by atoms with E-state index in [0.29, 0.717) is 12.8 Å². The standard InChI is InChI=1S/C17H24N2O5/c20-14(18-11-5-1-2-6-11)10-24-15(21)9-19-16(22)12-7-3-4-8-13(12)17(19)23/h11-13H,1-10H2,(H,18,20)/t12-,13-/m1/s1. The Kier molecular flexibility index (Phi) is 5.16. The molecular formula is C17H24N2O5. The van der Waals surface area contributed by atoms with Gasteiger partial charge in [-0.2, -0.15) is 0 Å². The van der Waals surface area contributed by atoms with Crippen LogP contribution in [0.25, 0.3) is 0 Å². The van der Waals surface area contributed by atoms with Crippen molar-refractivity contribution in [1.29, 1.82) is 0 Å². The number of hydrogen-bond donors (Lipinski definition) is 1. The highest BCUT2D eigenvalue weighted by Crippen LogP contribution is 2.37. The van der Waals surface area contributed by atoms with Crippen LogP contribution in [0.4, 0.5) is 0 Å². The van der Waals surface area contributed by atoms with Gasteiger partial charge >= 0.3 is 5.97 Å². The third-order valence-corrected chi connectivity index (χ3v) is 5.30. The highest BCUT2D eigenvalue weighted by molar-refractivity contribution is 6.07. The van der Waals surface area contributed by atoms with Crippen LogP contribution >= 0.6 is 0 Å². The average molecular weight is 336 g/mol. The highest BCUT2D eigenvalue weighted by Gasteiger charge is 2.48. The zero-order chi connectivity index (χ0) is 17.1. The Balaban J connectivity index is 1.45. The smallest absolute Gasteiger partial charge is 0.326 e. The first-order valence-corrected chi connectivity index (χ1v) is 8.86. The van der Waals surface area contributed by atoms with Crippen molar-refractivity contribution in [3.05, 3.63) is 0 Å². The van der Waals surface area contributed by atoms with Gasteiger partial charge in [0.25, 0.3) is 5.91 Å². The Bertz CT molecular complexity index is 517. The fraction of sp³-hybridized carbons (Fsp3) is 0.765. The molecule has 1 heterocycles. The molecule has 3 aliphatic rings. The van der Waals surface area contributed by atoms with Gasteiger partial charge < -0.3 is 10.1 Å². The van der Waals surface area contributed by atoms with Gasteiger partial charge in [0.15, 0.2) is 6.61 Å². The van der Waals surface area contributed by atoms with Gasteiger partial charge in [0.05, 0.1) is 11.8 Å². The molecule has 2 saturated carbocycles. The fourth-order valence-electron chi connectivity index (χ4n) is 4.05. The molecule has 3 fully saturated rings. The monoisotopic (exact) mass is 336 g/mol. The summed E-state index contributed by atoms with van der Waals surface area (Å²) in [6, 6.07) is 0.168. The normalized spacial score (nSPS) is 27.2. The number of rotatable bonds is 5. The first-order chi connectivity index (χ1) is 11.6. The molecule has 0 radical (unpaired) electrons. The van der Waals surface area contributed by atoms with E-state index in [9.17, 15) is 19.2 Å². The number of carbonyl (C=O) groups is 4. The minimum Gasteiger partial charge on any atom is -0.454 e. The topological polar surface area (TPSA) is 92.8 Å². The minimum absolute atomic E-state index is 0.168. The number of ether oxygens (including phenoxy) is 1. The van der Waals surface area contributed by atoms with E-state index in [4.69, 9.17) is 4.74 Å². The van der Waals surface area contributed by atoms with Crippen LogP contribution in [0.1, 0.15) is 51.4 Å². The molecular weight excluding hydrogens is 312 g/mol. The van der Waals surface area contributed by atoms with Gasteiger partial charge in [-0.05, 0) is 25.7 Å². The summed E-state index contributed by atoms with van der Waals surface area (Å²) >= 11 is 0. The number of imide groups is 1. The van der Waals surface area contributed by atoms with Gasteiger partial charge in [0.1, 0.15) is 6.54 Å². The molecule has 7 heteroatoms. The molecule has 2 atom stereocenters. The third kappa shape index (κ3) is 3.60. The van der Waals surface area contributed by atoms with Crippen LogP contribution in [0.2, 0.25) is 0 Å². The average Bonchev–Trinajstić information content (AvgIpc) is 3.16. The molecule has 0 spiro atoms. The molecule has 1 aliphatic heterocycles. The third-order valence-electron chi connectivity index (χ3n) is 5.30. The number of nitrogens with one attached hydrogen (secondary N) is 1. The Morgan fingerprint density at radius 1 is 0.958 bits per heavy atom. The van der Waals surface area contributed by atoms with Crippen molar-refractivity contribution in [3.63, 3.8) is 0 Å². The molecule has 3 rings (SSSR count). The Morgan fingerprint density at radius 3 is 2.08 bits per heavy atom. The molecule has 0 aromatic carbocycles. The van der Waals surface area contributed by atoms with E-state index in [2.05, 4.69) is 5.32 Å². The first kappa shape index (κ1) is 16.9. The first-order valence-electron chi connectivity index (χ1n) is 8.86. The molecule has 24 heavy (non-hydrogen) atoms. The second kappa shape index (κ2) is 7.32. The number of carbonyl (C=O) groups excluding carboxylic acids is 4.